The Morgan fingerprint density at radius 3 is 2.52 bits per heavy atom. The van der Waals surface area contributed by atoms with Gasteiger partial charge in [0.25, 0.3) is 0 Å². The second-order valence-corrected chi connectivity index (χ2v) is 6.92. The second-order valence-electron chi connectivity index (χ2n) is 6.92. The molecule has 3 aliphatic rings. The van der Waals surface area contributed by atoms with Crippen molar-refractivity contribution >= 4 is 11.4 Å². The van der Waals surface area contributed by atoms with Gasteiger partial charge in [-0.3, -0.25) is 4.90 Å². The van der Waals surface area contributed by atoms with E-state index in [0.717, 1.165) is 6.04 Å². The highest BCUT2D eigenvalue weighted by Gasteiger charge is 2.34. The quantitative estimate of drug-likeness (QED) is 0.915. The molecule has 0 radical (unpaired) electrons. The van der Waals surface area contributed by atoms with Crippen LogP contribution in [0.1, 0.15) is 38.5 Å². The highest BCUT2D eigenvalue weighted by atomic mass is 15.2. The summed E-state index contributed by atoms with van der Waals surface area (Å²) in [5.74, 6) is 0. The van der Waals surface area contributed by atoms with E-state index in [1.165, 1.54) is 76.1 Å². The standard InChI is InChI=1S/C18H27N3/c1-4-11-20(12-5-1)18-7-3-2-6-17(18)19-15-10-13-21(14-15)16-8-9-16/h2-3,6-7,15-16,19H,1,4-5,8-14H2. The van der Waals surface area contributed by atoms with Crippen molar-refractivity contribution in [3.63, 3.8) is 0 Å². The van der Waals surface area contributed by atoms with Crippen LogP contribution in [0.25, 0.3) is 0 Å². The van der Waals surface area contributed by atoms with E-state index in [-0.39, 0.29) is 0 Å². The van der Waals surface area contributed by atoms with Crippen molar-refractivity contribution in [1.82, 2.24) is 4.90 Å². The Bertz CT molecular complexity index is 477. The van der Waals surface area contributed by atoms with Crippen LogP contribution in [0.4, 0.5) is 11.4 Å². The number of benzene rings is 1. The Labute approximate surface area is 128 Å². The first-order chi connectivity index (χ1) is 10.4. The van der Waals surface area contributed by atoms with E-state index < -0.39 is 0 Å². The minimum atomic E-state index is 0.636. The van der Waals surface area contributed by atoms with Gasteiger partial charge in [0.05, 0.1) is 11.4 Å². The fourth-order valence-corrected chi connectivity index (χ4v) is 3.90. The number of hydrogen-bond acceptors (Lipinski definition) is 3. The predicted octanol–water partition coefficient (Wildman–Crippen LogP) is 3.33. The third-order valence-corrected chi connectivity index (χ3v) is 5.24. The van der Waals surface area contributed by atoms with Gasteiger partial charge in [-0.15, -0.1) is 0 Å². The minimum absolute atomic E-state index is 0.636. The zero-order valence-corrected chi connectivity index (χ0v) is 12.9. The molecule has 1 saturated carbocycles. The molecule has 0 amide bonds. The number of nitrogens with zero attached hydrogens (tertiary/aromatic N) is 2. The molecule has 2 saturated heterocycles. The number of anilines is 2. The molecule has 1 aromatic rings. The third kappa shape index (κ3) is 3.03. The lowest BCUT2D eigenvalue weighted by Crippen LogP contribution is -2.31. The first-order valence-electron chi connectivity index (χ1n) is 8.75. The van der Waals surface area contributed by atoms with E-state index in [9.17, 15) is 0 Å². The molecule has 1 aromatic carbocycles. The van der Waals surface area contributed by atoms with Crippen LogP contribution < -0.4 is 10.2 Å². The molecule has 2 heterocycles. The van der Waals surface area contributed by atoms with Gasteiger partial charge in [-0.2, -0.15) is 0 Å². The number of piperidine rings is 1. The fourth-order valence-electron chi connectivity index (χ4n) is 3.90. The highest BCUT2D eigenvalue weighted by Crippen LogP contribution is 2.33. The molecule has 114 valence electrons. The summed E-state index contributed by atoms with van der Waals surface area (Å²) in [6.45, 7) is 4.96. The van der Waals surface area contributed by atoms with Crippen molar-refractivity contribution in [2.75, 3.05) is 36.4 Å². The van der Waals surface area contributed by atoms with Crippen molar-refractivity contribution < 1.29 is 0 Å². The normalized spacial score (nSPS) is 27.0. The van der Waals surface area contributed by atoms with Crippen LogP contribution in [0.5, 0.6) is 0 Å². The molecule has 0 bridgehead atoms. The van der Waals surface area contributed by atoms with Gasteiger partial charge in [0, 0.05) is 38.3 Å². The van der Waals surface area contributed by atoms with Gasteiger partial charge in [-0.05, 0) is 50.7 Å². The zero-order valence-electron chi connectivity index (χ0n) is 12.9. The lowest BCUT2D eigenvalue weighted by Gasteiger charge is -2.31. The van der Waals surface area contributed by atoms with Crippen molar-refractivity contribution in [3.05, 3.63) is 24.3 Å². The molecule has 3 fully saturated rings. The average Bonchev–Trinajstić information content (AvgIpc) is 3.29. The van der Waals surface area contributed by atoms with E-state index in [1.807, 2.05) is 0 Å². The first-order valence-corrected chi connectivity index (χ1v) is 8.75. The SMILES string of the molecule is c1ccc(N2CCCCC2)c(NC2CCN(C3CC3)C2)c1. The summed E-state index contributed by atoms with van der Waals surface area (Å²) in [5.41, 5.74) is 2.77. The highest BCUT2D eigenvalue weighted by molar-refractivity contribution is 5.70. The van der Waals surface area contributed by atoms with Gasteiger partial charge in [-0.25, -0.2) is 0 Å². The van der Waals surface area contributed by atoms with Crippen LogP contribution in [-0.2, 0) is 0 Å². The van der Waals surface area contributed by atoms with Crippen LogP contribution in [0.3, 0.4) is 0 Å². The molecule has 2 aliphatic heterocycles. The topological polar surface area (TPSA) is 18.5 Å². The van der Waals surface area contributed by atoms with Crippen LogP contribution in [0.2, 0.25) is 0 Å². The number of nitrogens with one attached hydrogen (secondary N) is 1. The Balaban J connectivity index is 1.44. The Kier molecular flexibility index (Phi) is 3.76. The van der Waals surface area contributed by atoms with Crippen molar-refractivity contribution in [3.8, 4) is 0 Å². The molecule has 3 heteroatoms. The molecule has 1 aliphatic carbocycles. The molecular weight excluding hydrogens is 258 g/mol. The molecule has 0 spiro atoms. The lowest BCUT2D eigenvalue weighted by molar-refractivity contribution is 0.326. The summed E-state index contributed by atoms with van der Waals surface area (Å²) in [6.07, 6.45) is 8.23. The summed E-state index contributed by atoms with van der Waals surface area (Å²) in [7, 11) is 0. The summed E-state index contributed by atoms with van der Waals surface area (Å²) in [4.78, 5) is 5.25. The van der Waals surface area contributed by atoms with Crippen LogP contribution in [0, 0.1) is 0 Å². The van der Waals surface area contributed by atoms with Gasteiger partial charge in [0.15, 0.2) is 0 Å². The molecule has 4 rings (SSSR count). The maximum Gasteiger partial charge on any atom is 0.0602 e. The van der Waals surface area contributed by atoms with E-state index in [4.69, 9.17) is 0 Å². The zero-order chi connectivity index (χ0) is 14.1. The van der Waals surface area contributed by atoms with Crippen LogP contribution in [-0.4, -0.2) is 43.2 Å². The van der Waals surface area contributed by atoms with Crippen LogP contribution >= 0.6 is 0 Å². The molecule has 21 heavy (non-hydrogen) atoms. The lowest BCUT2D eigenvalue weighted by atomic mass is 10.1. The maximum atomic E-state index is 3.84. The average molecular weight is 285 g/mol. The minimum Gasteiger partial charge on any atom is -0.379 e. The molecule has 1 atom stereocenters. The van der Waals surface area contributed by atoms with Crippen molar-refractivity contribution in [1.29, 1.82) is 0 Å². The third-order valence-electron chi connectivity index (χ3n) is 5.24. The smallest absolute Gasteiger partial charge is 0.0602 e. The van der Waals surface area contributed by atoms with Gasteiger partial charge in [0.2, 0.25) is 0 Å². The van der Waals surface area contributed by atoms with Crippen molar-refractivity contribution in [2.45, 2.75) is 50.6 Å². The number of hydrogen-bond donors (Lipinski definition) is 1. The van der Waals surface area contributed by atoms with E-state index in [0.29, 0.717) is 6.04 Å². The predicted molar refractivity (Wildman–Crippen MR) is 89.1 cm³/mol. The van der Waals surface area contributed by atoms with E-state index in [2.05, 4.69) is 39.4 Å². The Morgan fingerprint density at radius 1 is 0.905 bits per heavy atom. The second kappa shape index (κ2) is 5.88. The largest absolute Gasteiger partial charge is 0.379 e. The Morgan fingerprint density at radius 2 is 1.71 bits per heavy atom. The number of likely N-dealkylation sites (tertiary alicyclic amines) is 1. The van der Waals surface area contributed by atoms with Gasteiger partial charge >= 0.3 is 0 Å². The summed E-state index contributed by atoms with van der Waals surface area (Å²) in [5, 5.41) is 3.84. The number of para-hydroxylation sites is 2. The summed E-state index contributed by atoms with van der Waals surface area (Å²) < 4.78 is 0. The van der Waals surface area contributed by atoms with E-state index >= 15 is 0 Å². The molecule has 1 unspecified atom stereocenters. The van der Waals surface area contributed by atoms with Gasteiger partial charge < -0.3 is 10.2 Å². The van der Waals surface area contributed by atoms with Gasteiger partial charge in [0.1, 0.15) is 0 Å². The maximum absolute atomic E-state index is 3.84. The molecule has 1 N–H and O–H groups in total. The molecule has 3 nitrogen and oxygen atoms in total. The molecule has 0 aromatic heterocycles. The summed E-state index contributed by atoms with van der Waals surface area (Å²) >= 11 is 0. The summed E-state index contributed by atoms with van der Waals surface area (Å²) in [6, 6.07) is 10.5. The van der Waals surface area contributed by atoms with E-state index in [1.54, 1.807) is 0 Å². The fraction of sp³-hybridized carbons (Fsp3) is 0.667. The Hall–Kier alpha value is -1.22. The number of rotatable bonds is 4. The van der Waals surface area contributed by atoms with Crippen molar-refractivity contribution in [2.24, 2.45) is 0 Å². The van der Waals surface area contributed by atoms with Crippen LogP contribution in [0.15, 0.2) is 24.3 Å². The monoisotopic (exact) mass is 285 g/mol. The first kappa shape index (κ1) is 13.4. The van der Waals surface area contributed by atoms with Gasteiger partial charge in [-0.1, -0.05) is 12.1 Å². The molecular formula is C18H27N3.